The van der Waals surface area contributed by atoms with Crippen LogP contribution in [0.1, 0.15) is 70.4 Å². The molecule has 5 rings (SSSR count). The molecule has 10 nitrogen and oxygen atoms in total. The predicted molar refractivity (Wildman–Crippen MR) is 152 cm³/mol. The molecule has 4 N–H and O–H groups in total. The lowest BCUT2D eigenvalue weighted by Gasteiger charge is -2.18. The molecule has 0 bridgehead atoms. The molecule has 10 heteroatoms. The highest BCUT2D eigenvalue weighted by Gasteiger charge is 2.22. The summed E-state index contributed by atoms with van der Waals surface area (Å²) >= 11 is 0. The Morgan fingerprint density at radius 3 is 2.45 bits per heavy atom. The fraction of sp³-hybridized carbons (Fsp3) is 0.300. The summed E-state index contributed by atoms with van der Waals surface area (Å²) in [5.74, 6) is -0.987. The summed E-state index contributed by atoms with van der Waals surface area (Å²) < 4.78 is 10.7. The number of carbonyl (C=O) groups excluding carboxylic acids is 1. The molecule has 0 unspecified atom stereocenters. The number of aromatic nitrogens is 3. The van der Waals surface area contributed by atoms with Crippen molar-refractivity contribution < 1.29 is 24.2 Å². The van der Waals surface area contributed by atoms with E-state index in [9.17, 15) is 14.7 Å². The molecule has 206 valence electrons. The van der Waals surface area contributed by atoms with Crippen LogP contribution >= 0.6 is 0 Å². The van der Waals surface area contributed by atoms with Gasteiger partial charge in [-0.25, -0.2) is 9.78 Å². The summed E-state index contributed by atoms with van der Waals surface area (Å²) in [6.07, 6.45) is 8.02. The number of amides is 1. The molecule has 0 atom stereocenters. The van der Waals surface area contributed by atoms with Crippen LogP contribution in [0.25, 0.3) is 22.0 Å². The van der Waals surface area contributed by atoms with Crippen molar-refractivity contribution in [1.29, 1.82) is 0 Å². The summed E-state index contributed by atoms with van der Waals surface area (Å²) in [5.41, 5.74) is 11.2. The van der Waals surface area contributed by atoms with Crippen molar-refractivity contribution in [3.63, 3.8) is 0 Å². The largest absolute Gasteiger partial charge is 0.480 e. The molecular weight excluding hydrogens is 510 g/mol. The molecule has 1 fully saturated rings. The van der Waals surface area contributed by atoms with Crippen LogP contribution in [0.5, 0.6) is 11.9 Å². The zero-order valence-corrected chi connectivity index (χ0v) is 22.7. The first-order chi connectivity index (χ1) is 19.3. The normalized spacial score (nSPS) is 13.4. The number of methoxy groups -OCH3 is 2. The summed E-state index contributed by atoms with van der Waals surface area (Å²) in [6.45, 7) is 2.02. The second kappa shape index (κ2) is 11.2. The van der Waals surface area contributed by atoms with Crippen LogP contribution in [0.15, 0.2) is 42.7 Å². The van der Waals surface area contributed by atoms with E-state index in [1.54, 1.807) is 18.3 Å². The maximum absolute atomic E-state index is 12.5. The molecule has 40 heavy (non-hydrogen) atoms. The lowest BCUT2D eigenvalue weighted by molar-refractivity contribution is 0.0696. The van der Waals surface area contributed by atoms with Crippen molar-refractivity contribution in [2.45, 2.75) is 44.9 Å². The van der Waals surface area contributed by atoms with E-state index in [1.165, 1.54) is 20.4 Å². The number of carbonyl (C=O) groups is 2. The summed E-state index contributed by atoms with van der Waals surface area (Å²) in [7, 11) is 3.02. The maximum Gasteiger partial charge on any atom is 0.335 e. The number of rotatable bonds is 9. The number of hydrogen-bond acceptors (Lipinski definition) is 8. The van der Waals surface area contributed by atoms with Gasteiger partial charge in [0.2, 0.25) is 5.88 Å². The van der Waals surface area contributed by atoms with E-state index in [0.717, 1.165) is 42.4 Å². The Morgan fingerprint density at radius 1 is 1.02 bits per heavy atom. The molecule has 1 amide bonds. The number of primary amides is 1. The molecule has 0 saturated heterocycles. The monoisotopic (exact) mass is 541 g/mol. The Labute approximate surface area is 231 Å². The van der Waals surface area contributed by atoms with Gasteiger partial charge < -0.3 is 25.6 Å². The molecule has 2 heterocycles. The third-order valence-corrected chi connectivity index (χ3v) is 7.44. The van der Waals surface area contributed by atoms with Crippen molar-refractivity contribution in [2.24, 2.45) is 5.73 Å². The van der Waals surface area contributed by atoms with E-state index in [1.807, 2.05) is 25.1 Å². The lowest BCUT2D eigenvalue weighted by atomic mass is 9.94. The van der Waals surface area contributed by atoms with Gasteiger partial charge in [-0.05, 0) is 72.2 Å². The minimum Gasteiger partial charge on any atom is -0.480 e. The van der Waals surface area contributed by atoms with Crippen LogP contribution in [0, 0.1) is 0 Å². The molecule has 0 spiro atoms. The Kier molecular flexibility index (Phi) is 7.50. The fourth-order valence-electron chi connectivity index (χ4n) is 5.42. The number of nitrogens with two attached hydrogens (primary N) is 1. The number of pyridine rings is 1. The number of nitrogens with zero attached hydrogens (tertiary/aromatic N) is 3. The van der Waals surface area contributed by atoms with E-state index >= 15 is 0 Å². The molecule has 1 aliphatic rings. The highest BCUT2D eigenvalue weighted by Crippen LogP contribution is 2.39. The molecule has 1 saturated carbocycles. The van der Waals surface area contributed by atoms with Crippen molar-refractivity contribution in [2.75, 3.05) is 19.5 Å². The molecule has 4 aromatic rings. The Hall–Kier alpha value is -4.73. The highest BCUT2D eigenvalue weighted by atomic mass is 16.5. The molecule has 0 radical (unpaired) electrons. The SMILES string of the molecule is CCc1cc2c(Nc3cc(C(=O)O)cc(C4CCCC4)c3)c(C(N)=O)cnc2cc1-c1cnc(OC)nc1OC. The first-order valence-electron chi connectivity index (χ1n) is 13.2. The van der Waals surface area contributed by atoms with Gasteiger partial charge in [0.15, 0.2) is 0 Å². The van der Waals surface area contributed by atoms with Gasteiger partial charge in [-0.2, -0.15) is 4.98 Å². The van der Waals surface area contributed by atoms with Gasteiger partial charge in [0, 0.05) is 23.5 Å². The third kappa shape index (κ3) is 5.12. The number of aromatic carboxylic acids is 1. The number of hydrogen-bond donors (Lipinski definition) is 3. The van der Waals surface area contributed by atoms with Gasteiger partial charge in [0.05, 0.1) is 42.1 Å². The standard InChI is InChI=1S/C30H31N5O5/c1-4-16-12-22-25(13-21(16)23-14-33-30(40-3)35-28(23)39-2)32-15-24(27(31)36)26(22)34-20-10-18(17-7-5-6-8-17)9-19(11-20)29(37)38/h9-15,17H,4-8H2,1-3H3,(H2,31,36)(H,32,34)(H,37,38). The minimum absolute atomic E-state index is 0.189. The third-order valence-electron chi connectivity index (χ3n) is 7.44. The number of carboxylic acid groups (broad SMARTS) is 1. The number of nitrogens with one attached hydrogen (secondary N) is 1. The quantitative estimate of drug-likeness (QED) is 0.251. The second-order valence-corrected chi connectivity index (χ2v) is 9.83. The Bertz CT molecular complexity index is 1610. The van der Waals surface area contributed by atoms with E-state index in [0.29, 0.717) is 46.1 Å². The predicted octanol–water partition coefficient (Wildman–Crippen LogP) is 5.47. The number of aryl methyl sites for hydroxylation is 1. The maximum atomic E-state index is 12.5. The van der Waals surface area contributed by atoms with E-state index < -0.39 is 11.9 Å². The molecular formula is C30H31N5O5. The molecule has 0 aliphatic heterocycles. The lowest BCUT2D eigenvalue weighted by Crippen LogP contribution is -2.14. The van der Waals surface area contributed by atoms with Gasteiger partial charge >= 0.3 is 12.0 Å². The van der Waals surface area contributed by atoms with Crippen LogP contribution in [0.3, 0.4) is 0 Å². The first kappa shape index (κ1) is 26.9. The van der Waals surface area contributed by atoms with Crippen molar-refractivity contribution in [3.8, 4) is 23.0 Å². The van der Waals surface area contributed by atoms with E-state index in [2.05, 4.69) is 20.3 Å². The highest BCUT2D eigenvalue weighted by molar-refractivity contribution is 6.08. The Balaban J connectivity index is 1.67. The number of fused-ring (bicyclic) bond motifs is 1. The molecule has 2 aromatic carbocycles. The molecule has 2 aromatic heterocycles. The number of benzene rings is 2. The number of carboxylic acids is 1. The minimum atomic E-state index is -1.01. The van der Waals surface area contributed by atoms with Crippen LogP contribution in [-0.4, -0.2) is 46.2 Å². The first-order valence-corrected chi connectivity index (χ1v) is 13.2. The zero-order valence-electron chi connectivity index (χ0n) is 22.7. The van der Waals surface area contributed by atoms with Crippen molar-refractivity contribution in [1.82, 2.24) is 15.0 Å². The smallest absolute Gasteiger partial charge is 0.335 e. The fourth-order valence-corrected chi connectivity index (χ4v) is 5.42. The average molecular weight is 542 g/mol. The van der Waals surface area contributed by atoms with Crippen LogP contribution in [-0.2, 0) is 6.42 Å². The van der Waals surface area contributed by atoms with Gasteiger partial charge in [0.25, 0.3) is 5.91 Å². The number of anilines is 2. The van der Waals surface area contributed by atoms with Gasteiger partial charge in [-0.15, -0.1) is 0 Å². The topological polar surface area (TPSA) is 150 Å². The van der Waals surface area contributed by atoms with Crippen LogP contribution < -0.4 is 20.5 Å². The van der Waals surface area contributed by atoms with Crippen LogP contribution in [0.4, 0.5) is 11.4 Å². The van der Waals surface area contributed by atoms with Crippen LogP contribution in [0.2, 0.25) is 0 Å². The van der Waals surface area contributed by atoms with E-state index in [-0.39, 0.29) is 17.1 Å². The molecule has 1 aliphatic carbocycles. The van der Waals surface area contributed by atoms with Gasteiger partial charge in [0.1, 0.15) is 0 Å². The Morgan fingerprint density at radius 2 is 1.80 bits per heavy atom. The van der Waals surface area contributed by atoms with E-state index in [4.69, 9.17) is 15.2 Å². The number of ether oxygens (including phenoxy) is 2. The summed E-state index contributed by atoms with van der Waals surface area (Å²) in [6, 6.07) is 9.33. The summed E-state index contributed by atoms with van der Waals surface area (Å²) in [4.78, 5) is 37.6. The van der Waals surface area contributed by atoms with Gasteiger partial charge in [-0.3, -0.25) is 9.78 Å². The average Bonchev–Trinajstić information content (AvgIpc) is 3.51. The summed E-state index contributed by atoms with van der Waals surface area (Å²) in [5, 5.41) is 13.8. The zero-order chi connectivity index (χ0) is 28.4. The van der Waals surface area contributed by atoms with Gasteiger partial charge in [-0.1, -0.05) is 19.8 Å². The van der Waals surface area contributed by atoms with Crippen molar-refractivity contribution >= 4 is 34.2 Å². The van der Waals surface area contributed by atoms with Crippen molar-refractivity contribution in [3.05, 3.63) is 65.0 Å². The second-order valence-electron chi connectivity index (χ2n) is 9.83.